The van der Waals surface area contributed by atoms with Crippen LogP contribution in [0.25, 0.3) is 0 Å². The number of aliphatic carboxylic acids is 1. The predicted molar refractivity (Wildman–Crippen MR) is 66.7 cm³/mol. The molecule has 0 fully saturated rings. The molecule has 0 aromatic heterocycles. The fourth-order valence-corrected chi connectivity index (χ4v) is 1.45. The number of anilines is 1. The summed E-state index contributed by atoms with van der Waals surface area (Å²) >= 11 is 5.73. The maximum Gasteiger partial charge on any atom is 0.328 e. The highest BCUT2D eigenvalue weighted by Gasteiger charge is 2.24. The molecule has 4 N–H and O–H groups in total. The fraction of sp³-hybridized carbons (Fsp3) is 0.273. The molecule has 0 spiro atoms. The van der Waals surface area contributed by atoms with Crippen molar-refractivity contribution in [1.29, 1.82) is 0 Å². The van der Waals surface area contributed by atoms with Crippen molar-refractivity contribution < 1.29 is 19.8 Å². The maximum absolute atomic E-state index is 11.5. The number of carboxylic acids is 1. The van der Waals surface area contributed by atoms with E-state index < -0.39 is 24.1 Å². The van der Waals surface area contributed by atoms with Gasteiger partial charge in [-0.25, -0.2) is 9.59 Å². The highest BCUT2D eigenvalue weighted by atomic mass is 35.5. The van der Waals surface area contributed by atoms with Gasteiger partial charge in [-0.2, -0.15) is 0 Å². The Kier molecular flexibility index (Phi) is 4.94. The molecule has 1 rings (SSSR count). The number of urea groups is 1. The first-order valence-corrected chi connectivity index (χ1v) is 5.52. The number of rotatable bonds is 4. The van der Waals surface area contributed by atoms with E-state index in [4.69, 9.17) is 16.7 Å². The first kappa shape index (κ1) is 14.3. The summed E-state index contributed by atoms with van der Waals surface area (Å²) in [6.45, 7) is 1.28. The summed E-state index contributed by atoms with van der Waals surface area (Å²) in [5, 5.41) is 23.0. The van der Waals surface area contributed by atoms with Crippen LogP contribution < -0.4 is 10.6 Å². The molecule has 6 nitrogen and oxygen atoms in total. The number of benzene rings is 1. The van der Waals surface area contributed by atoms with Crippen molar-refractivity contribution in [2.24, 2.45) is 0 Å². The number of hydrogen-bond acceptors (Lipinski definition) is 3. The summed E-state index contributed by atoms with van der Waals surface area (Å²) in [5.41, 5.74) is 0.426. The first-order valence-electron chi connectivity index (χ1n) is 5.14. The van der Waals surface area contributed by atoms with E-state index in [0.29, 0.717) is 10.7 Å². The van der Waals surface area contributed by atoms with E-state index in [1.807, 2.05) is 0 Å². The maximum atomic E-state index is 11.5. The molecule has 0 saturated heterocycles. The van der Waals surface area contributed by atoms with E-state index >= 15 is 0 Å². The number of halogens is 1. The van der Waals surface area contributed by atoms with Gasteiger partial charge in [0.2, 0.25) is 0 Å². The van der Waals surface area contributed by atoms with Crippen LogP contribution in [0, 0.1) is 0 Å². The number of hydrogen-bond donors (Lipinski definition) is 4. The molecule has 7 heteroatoms. The molecule has 18 heavy (non-hydrogen) atoms. The largest absolute Gasteiger partial charge is 0.480 e. The Hall–Kier alpha value is -1.79. The number of carboxylic acid groups (broad SMARTS) is 1. The lowest BCUT2D eigenvalue weighted by Crippen LogP contribution is -2.49. The second kappa shape index (κ2) is 6.23. The first-order chi connectivity index (χ1) is 8.40. The zero-order valence-electron chi connectivity index (χ0n) is 9.55. The molecule has 0 aliphatic heterocycles. The molecule has 0 unspecified atom stereocenters. The summed E-state index contributed by atoms with van der Waals surface area (Å²) in [6.07, 6.45) is -1.20. The second-order valence-electron chi connectivity index (χ2n) is 3.67. The van der Waals surface area contributed by atoms with Crippen LogP contribution in [0.15, 0.2) is 24.3 Å². The molecule has 0 saturated carbocycles. The summed E-state index contributed by atoms with van der Waals surface area (Å²) < 4.78 is 0. The lowest BCUT2D eigenvalue weighted by atomic mass is 10.2. The van der Waals surface area contributed by atoms with E-state index in [1.54, 1.807) is 18.2 Å². The van der Waals surface area contributed by atoms with Crippen LogP contribution in [0.4, 0.5) is 10.5 Å². The van der Waals surface area contributed by atoms with Gasteiger partial charge in [0.05, 0.1) is 6.10 Å². The Labute approximate surface area is 109 Å². The third kappa shape index (κ3) is 4.23. The lowest BCUT2D eigenvalue weighted by Gasteiger charge is -2.17. The van der Waals surface area contributed by atoms with Crippen LogP contribution in [-0.2, 0) is 4.79 Å². The second-order valence-corrected chi connectivity index (χ2v) is 4.10. The van der Waals surface area contributed by atoms with E-state index in [0.717, 1.165) is 0 Å². The van der Waals surface area contributed by atoms with Crippen molar-refractivity contribution in [3.8, 4) is 0 Å². The molecule has 1 aromatic rings. The van der Waals surface area contributed by atoms with Crippen molar-refractivity contribution in [3.05, 3.63) is 29.3 Å². The number of aliphatic hydroxyl groups excluding tert-OH is 1. The Balaban J connectivity index is 2.63. The number of carbonyl (C=O) groups excluding carboxylic acids is 1. The standard InChI is InChI=1S/C11H13ClN2O4/c1-6(15)9(10(16)17)14-11(18)13-8-4-2-3-7(12)5-8/h2-6,9,15H,1H3,(H,16,17)(H2,13,14,18)/t6-,9+/m1/s1. The monoisotopic (exact) mass is 272 g/mol. The van der Waals surface area contributed by atoms with Crippen molar-refractivity contribution in [1.82, 2.24) is 5.32 Å². The minimum Gasteiger partial charge on any atom is -0.480 e. The zero-order chi connectivity index (χ0) is 13.7. The molecule has 0 radical (unpaired) electrons. The van der Waals surface area contributed by atoms with Crippen LogP contribution in [0.5, 0.6) is 0 Å². The SMILES string of the molecule is C[C@@H](O)[C@H](NC(=O)Nc1cccc(Cl)c1)C(=O)O. The van der Waals surface area contributed by atoms with Gasteiger partial charge in [0.25, 0.3) is 0 Å². The summed E-state index contributed by atoms with van der Waals surface area (Å²) in [5.74, 6) is -1.31. The fourth-order valence-electron chi connectivity index (χ4n) is 1.26. The van der Waals surface area contributed by atoms with Crippen molar-refractivity contribution in [2.75, 3.05) is 5.32 Å². The quantitative estimate of drug-likeness (QED) is 0.664. The van der Waals surface area contributed by atoms with Crippen LogP contribution >= 0.6 is 11.6 Å². The minimum absolute atomic E-state index is 0.426. The number of nitrogens with one attached hydrogen (secondary N) is 2. The van der Waals surface area contributed by atoms with Gasteiger partial charge in [0.15, 0.2) is 6.04 Å². The molecule has 1 aromatic carbocycles. The van der Waals surface area contributed by atoms with Gasteiger partial charge in [-0.15, -0.1) is 0 Å². The van der Waals surface area contributed by atoms with Gasteiger partial charge in [-0.05, 0) is 25.1 Å². The van der Waals surface area contributed by atoms with Gasteiger partial charge in [0.1, 0.15) is 0 Å². The summed E-state index contributed by atoms with van der Waals surface area (Å²) in [7, 11) is 0. The number of aliphatic hydroxyl groups is 1. The topological polar surface area (TPSA) is 98.7 Å². The van der Waals surface area contributed by atoms with Crippen LogP contribution in [-0.4, -0.2) is 34.4 Å². The molecule has 0 bridgehead atoms. The summed E-state index contributed by atoms with van der Waals surface area (Å²) in [4.78, 5) is 22.3. The molecule has 2 amide bonds. The highest BCUT2D eigenvalue weighted by Crippen LogP contribution is 2.14. The Morgan fingerprint density at radius 1 is 1.39 bits per heavy atom. The molecule has 0 aliphatic carbocycles. The predicted octanol–water partition coefficient (Wildman–Crippen LogP) is 1.30. The smallest absolute Gasteiger partial charge is 0.328 e. The van der Waals surface area contributed by atoms with Gasteiger partial charge >= 0.3 is 12.0 Å². The molecule has 98 valence electrons. The van der Waals surface area contributed by atoms with Gasteiger partial charge in [0, 0.05) is 10.7 Å². The van der Waals surface area contributed by atoms with Crippen LogP contribution in [0.3, 0.4) is 0 Å². The van der Waals surface area contributed by atoms with Crippen molar-refractivity contribution >= 4 is 29.3 Å². The number of amides is 2. The molecule has 2 atom stereocenters. The Morgan fingerprint density at radius 3 is 2.56 bits per heavy atom. The van der Waals surface area contributed by atoms with Crippen LogP contribution in [0.1, 0.15) is 6.92 Å². The van der Waals surface area contributed by atoms with E-state index in [1.165, 1.54) is 13.0 Å². The van der Waals surface area contributed by atoms with Gasteiger partial charge < -0.3 is 20.8 Å². The normalized spacial score (nSPS) is 13.5. The average molecular weight is 273 g/mol. The highest BCUT2D eigenvalue weighted by molar-refractivity contribution is 6.30. The molecular formula is C11H13ClN2O4. The Bertz CT molecular complexity index is 450. The molecule has 0 aliphatic rings. The summed E-state index contributed by atoms with van der Waals surface area (Å²) in [6, 6.07) is 4.29. The van der Waals surface area contributed by atoms with Gasteiger partial charge in [-0.1, -0.05) is 17.7 Å². The minimum atomic E-state index is -1.37. The van der Waals surface area contributed by atoms with Crippen molar-refractivity contribution in [2.45, 2.75) is 19.1 Å². The molecular weight excluding hydrogens is 260 g/mol. The van der Waals surface area contributed by atoms with E-state index in [2.05, 4.69) is 10.6 Å². The number of carbonyl (C=O) groups is 2. The third-order valence-electron chi connectivity index (χ3n) is 2.12. The van der Waals surface area contributed by atoms with Gasteiger partial charge in [-0.3, -0.25) is 0 Å². The van der Waals surface area contributed by atoms with Crippen LogP contribution in [0.2, 0.25) is 5.02 Å². The lowest BCUT2D eigenvalue weighted by molar-refractivity contribution is -0.141. The third-order valence-corrected chi connectivity index (χ3v) is 2.35. The molecule has 0 heterocycles. The average Bonchev–Trinajstić information content (AvgIpc) is 2.25. The zero-order valence-corrected chi connectivity index (χ0v) is 10.3. The Morgan fingerprint density at radius 2 is 2.06 bits per heavy atom. The van der Waals surface area contributed by atoms with E-state index in [9.17, 15) is 14.7 Å². The van der Waals surface area contributed by atoms with E-state index in [-0.39, 0.29) is 0 Å². The van der Waals surface area contributed by atoms with Crippen molar-refractivity contribution in [3.63, 3.8) is 0 Å².